The van der Waals surface area contributed by atoms with Crippen molar-refractivity contribution in [2.45, 2.75) is 157 Å². The van der Waals surface area contributed by atoms with Crippen LogP contribution < -0.4 is 56.8 Å². The highest BCUT2D eigenvalue weighted by Crippen LogP contribution is 2.54. The van der Waals surface area contributed by atoms with Crippen molar-refractivity contribution < 1.29 is 123 Å². The number of likely N-dealkylation sites (tertiary alicyclic amines) is 4. The number of aryl methyl sites for hydroxylation is 2. The van der Waals surface area contributed by atoms with E-state index in [1.54, 1.807) is 99.6 Å². The standard InChI is InChI=1S/C27H28F3NO5.C27H30F3NO5.C27H31NO5.C27H33NO5/c1-34-18-3-4-22-20(12-18)24(16-5-9-31(10-6-16)15-26(7-8-26)25(32)33)19-13-21(27(28,29)30)23(35-2)11-17(19)14-36-22;1-26(2,25(32)33)15-31-9-7-16(8-10-31)24-19-13-21(27(28,29)30)23(35-4)11-17(19)14-36-22-6-5-18(34-3)12-20(22)24;1-17-12-21-19(13-24(17)32-3)15-33-23-5-4-20(31-2)14-22(23)25(21)18-6-10-28(11-7-18)16-27(8-9-27)26(29)30;1-17-12-21-19(13-24(17)32-5)15-33-23-7-6-20(31-4)14-22(23)25(21)18-8-10-28(11-9-18)16-27(2,3)26(29)30/h3-4,11-13H,5-10,14-15H2,1-2H3,(H,32,33);5-6,11-13H,7-10,14-15H2,1-4H3,(H,32,33);4-5,12-14H,6-11,15-16H2,1-3H3,(H,29,30);6-7,12-14H,8-11,15-16H2,1-5H3,(H,29,30). The summed E-state index contributed by atoms with van der Waals surface area (Å²) in [4.78, 5) is 55.3. The molecule has 10 aliphatic rings. The minimum atomic E-state index is -4.59. The summed E-state index contributed by atoms with van der Waals surface area (Å²) in [5.74, 6) is 3.82. The van der Waals surface area contributed by atoms with Gasteiger partial charge in [0.1, 0.15) is 95.4 Å². The highest BCUT2D eigenvalue weighted by molar-refractivity contribution is 5.93. The number of carboxylic acids is 4. The molecule has 0 aromatic heterocycles. The van der Waals surface area contributed by atoms with Gasteiger partial charge in [-0.3, -0.25) is 19.2 Å². The molecule has 8 heterocycles. The smallest absolute Gasteiger partial charge is 0.419 e. The summed E-state index contributed by atoms with van der Waals surface area (Å²) >= 11 is 0. The van der Waals surface area contributed by atoms with E-state index in [2.05, 4.69) is 69.8 Å². The lowest BCUT2D eigenvalue weighted by atomic mass is 9.84. The number of aliphatic carboxylic acids is 4. The van der Waals surface area contributed by atoms with Gasteiger partial charge < -0.3 is 96.9 Å². The molecule has 4 N–H and O–H groups in total. The van der Waals surface area contributed by atoms with Crippen LogP contribution in [0.25, 0.3) is 22.3 Å². The molecular weight excluding hydrogens is 1790 g/mol. The zero-order chi connectivity index (χ0) is 98.8. The Morgan fingerprint density at radius 2 is 0.565 bits per heavy atom. The minimum Gasteiger partial charge on any atom is -0.497 e. The lowest BCUT2D eigenvalue weighted by Crippen LogP contribution is -2.42. The maximum atomic E-state index is 14.0. The number of rotatable bonds is 20. The van der Waals surface area contributed by atoms with E-state index in [4.69, 9.17) is 56.8 Å². The summed E-state index contributed by atoms with van der Waals surface area (Å²) in [6.45, 7) is 20.3. The molecule has 0 unspecified atom stereocenters. The third kappa shape index (κ3) is 21.6. The Morgan fingerprint density at radius 3 is 0.783 bits per heavy atom. The number of halogens is 6. The number of hydrogen-bond acceptors (Lipinski definition) is 20. The summed E-state index contributed by atoms with van der Waals surface area (Å²) in [5, 5.41) is 38.2. The number of alkyl halides is 6. The van der Waals surface area contributed by atoms with Crippen LogP contribution in [-0.2, 0) is 58.0 Å². The molecule has 8 aromatic carbocycles. The van der Waals surface area contributed by atoms with Gasteiger partial charge in [0.25, 0.3) is 0 Å². The molecular formula is C108H122F6N4O20. The Labute approximate surface area is 800 Å². The average molecular weight is 1910 g/mol. The van der Waals surface area contributed by atoms with Crippen LogP contribution in [0.3, 0.4) is 0 Å². The number of methoxy groups -OCH3 is 8. The van der Waals surface area contributed by atoms with E-state index in [0.717, 1.165) is 155 Å². The zero-order valence-corrected chi connectivity index (χ0v) is 80.7. The normalized spacial score (nSPS) is 17.8. The Morgan fingerprint density at radius 1 is 0.326 bits per heavy atom. The van der Waals surface area contributed by atoms with E-state index in [-0.39, 0.29) is 24.7 Å². The monoisotopic (exact) mass is 1910 g/mol. The molecule has 0 bridgehead atoms. The number of ether oxygens (including phenoxy) is 12. The quantitative estimate of drug-likeness (QED) is 0.0516. The number of hydrogen-bond donors (Lipinski definition) is 4. The van der Waals surface area contributed by atoms with Gasteiger partial charge in [-0.25, -0.2) is 0 Å². The van der Waals surface area contributed by atoms with Crippen molar-refractivity contribution >= 4 is 46.2 Å². The first kappa shape index (κ1) is 100. The second kappa shape index (κ2) is 41.0. The van der Waals surface area contributed by atoms with Crippen LogP contribution in [-0.4, -0.2) is 199 Å². The lowest BCUT2D eigenvalue weighted by molar-refractivity contribution is -0.148. The van der Waals surface area contributed by atoms with Crippen molar-refractivity contribution in [2.75, 3.05) is 135 Å². The van der Waals surface area contributed by atoms with Gasteiger partial charge in [0.05, 0.1) is 89.7 Å². The highest BCUT2D eigenvalue weighted by atomic mass is 19.4. The molecule has 138 heavy (non-hydrogen) atoms. The molecule has 2 saturated carbocycles. The molecule has 8 aromatic rings. The van der Waals surface area contributed by atoms with E-state index in [9.17, 15) is 65.9 Å². The molecule has 0 amide bonds. The Balaban J connectivity index is 0.000000140. The van der Waals surface area contributed by atoms with Crippen molar-refractivity contribution in [3.63, 3.8) is 0 Å². The van der Waals surface area contributed by atoms with Crippen molar-refractivity contribution in [3.05, 3.63) is 233 Å². The largest absolute Gasteiger partial charge is 0.497 e. The first-order valence-corrected chi connectivity index (χ1v) is 46.7. The maximum Gasteiger partial charge on any atom is 0.419 e. The summed E-state index contributed by atoms with van der Waals surface area (Å²) in [7, 11) is 12.3. The van der Waals surface area contributed by atoms with Crippen LogP contribution in [0.2, 0.25) is 0 Å². The summed E-state index contributed by atoms with van der Waals surface area (Å²) in [5.41, 5.74) is 16.5. The van der Waals surface area contributed by atoms with Crippen molar-refractivity contribution in [1.29, 1.82) is 0 Å². The van der Waals surface area contributed by atoms with Gasteiger partial charge in [-0.1, -0.05) is 22.3 Å². The molecule has 24 nitrogen and oxygen atoms in total. The van der Waals surface area contributed by atoms with Gasteiger partial charge in [-0.2, -0.15) is 26.3 Å². The van der Waals surface area contributed by atoms with Gasteiger partial charge in [0, 0.05) is 123 Å². The fourth-order valence-electron chi connectivity index (χ4n) is 20.1. The first-order chi connectivity index (χ1) is 65.8. The van der Waals surface area contributed by atoms with Gasteiger partial charge >= 0.3 is 36.2 Å². The number of nitrogens with zero attached hydrogens (tertiary/aromatic N) is 4. The van der Waals surface area contributed by atoms with E-state index < -0.39 is 69.0 Å². The minimum absolute atomic E-state index is 0.0961. The molecule has 0 spiro atoms. The molecule has 736 valence electrons. The van der Waals surface area contributed by atoms with Crippen molar-refractivity contribution in [2.24, 2.45) is 21.7 Å². The maximum absolute atomic E-state index is 14.0. The van der Waals surface area contributed by atoms with Crippen LogP contribution >= 0.6 is 0 Å². The molecule has 4 saturated heterocycles. The Bertz CT molecular complexity index is 5760. The fourth-order valence-corrected chi connectivity index (χ4v) is 20.1. The van der Waals surface area contributed by atoms with E-state index in [1.807, 2.05) is 24.3 Å². The number of carboxylic acid groups (broad SMARTS) is 4. The number of carbonyl (C=O) groups is 4. The summed E-state index contributed by atoms with van der Waals surface area (Å²) in [6.07, 6.45) is -0.203. The van der Waals surface area contributed by atoms with Crippen LogP contribution in [0, 0.1) is 35.5 Å². The highest BCUT2D eigenvalue weighted by Gasteiger charge is 2.53. The van der Waals surface area contributed by atoms with Gasteiger partial charge in [0.2, 0.25) is 0 Å². The zero-order valence-electron chi connectivity index (χ0n) is 80.7. The first-order valence-electron chi connectivity index (χ1n) is 46.7. The second-order valence-corrected chi connectivity index (χ2v) is 38.5. The predicted molar refractivity (Wildman–Crippen MR) is 509 cm³/mol. The van der Waals surface area contributed by atoms with Crippen molar-refractivity contribution in [3.8, 4) is 69.0 Å². The average Bonchev–Trinajstić information content (AvgIpc) is 1.59. The number of fused-ring (bicyclic) bond motifs is 8. The molecule has 8 aliphatic heterocycles. The van der Waals surface area contributed by atoms with E-state index >= 15 is 0 Å². The molecule has 30 heteroatoms. The Hall–Kier alpha value is -12.4. The summed E-state index contributed by atoms with van der Waals surface area (Å²) < 4.78 is 152. The molecule has 2 aliphatic carbocycles. The third-order valence-electron chi connectivity index (χ3n) is 28.5. The lowest BCUT2D eigenvalue weighted by Gasteiger charge is -2.34. The van der Waals surface area contributed by atoms with E-state index in [1.165, 1.54) is 72.9 Å². The SMILES string of the molecule is COc1ccc2c(c1)C(=C1CCN(CC(C)(C)C(=O)O)CC1)c1cc(C(F)(F)F)c(OC)cc1CO2.COc1ccc2c(c1)C(=C1CCN(CC(C)(C)C(=O)O)CC1)c1cc(C)c(OC)cc1CO2.COc1ccc2c(c1)C(=C1CCN(CC3(C(=O)O)CC3)CC1)c1cc(C(F)(F)F)c(OC)cc1CO2.COc1ccc2c(c1)C(=C1CCN(CC3(C(=O)O)CC3)CC1)c1cc(C)c(OC)cc1CO2. The Kier molecular flexibility index (Phi) is 29.7. The number of benzene rings is 8. The van der Waals surface area contributed by atoms with Gasteiger partial charge in [-0.05, 0) is 296 Å². The van der Waals surface area contributed by atoms with Crippen LogP contribution in [0.5, 0.6) is 69.0 Å². The van der Waals surface area contributed by atoms with Gasteiger partial charge in [-0.15, -0.1) is 0 Å². The third-order valence-corrected chi connectivity index (χ3v) is 28.5. The fraction of sp³-hybridized carbons (Fsp3) is 0.444. The van der Waals surface area contributed by atoms with Crippen molar-refractivity contribution in [1.82, 2.24) is 19.6 Å². The van der Waals surface area contributed by atoms with Crippen LogP contribution in [0.4, 0.5) is 26.3 Å². The second-order valence-electron chi connectivity index (χ2n) is 38.5. The predicted octanol–water partition coefficient (Wildman–Crippen LogP) is 20.6. The summed E-state index contributed by atoms with van der Waals surface area (Å²) in [6, 6.07) is 36.4. The molecule has 0 radical (unpaired) electrons. The molecule has 18 rings (SSSR count). The van der Waals surface area contributed by atoms with E-state index in [0.29, 0.717) is 166 Å². The molecule has 6 fully saturated rings. The molecule has 0 atom stereocenters. The topological polar surface area (TPSA) is 273 Å². The van der Waals surface area contributed by atoms with Crippen LogP contribution in [0.15, 0.2) is 144 Å². The number of piperidine rings is 4. The van der Waals surface area contributed by atoms with Crippen LogP contribution in [0.1, 0.15) is 194 Å². The van der Waals surface area contributed by atoms with Gasteiger partial charge in [0.15, 0.2) is 0 Å².